The Kier molecular flexibility index (Phi) is 7.25. The second-order valence-corrected chi connectivity index (χ2v) is 11.5. The Morgan fingerprint density at radius 2 is 1.75 bits per heavy atom. The number of amides is 1. The Morgan fingerprint density at radius 3 is 2.50 bits per heavy atom. The SMILES string of the molecule is N#C[C@H]1CCCC[C@@H]1N1NC(Nc2ccc(S(=O)(=O)NCc3ccccc3)cc2)C2C(=O)NCCC21. The fraction of sp³-hybridized carbons (Fsp3) is 0.462. The summed E-state index contributed by atoms with van der Waals surface area (Å²) in [6.45, 7) is 0.839. The minimum Gasteiger partial charge on any atom is -0.368 e. The third-order valence-corrected chi connectivity index (χ3v) is 8.93. The lowest BCUT2D eigenvalue weighted by Crippen LogP contribution is -2.54. The molecule has 2 saturated heterocycles. The van der Waals surface area contributed by atoms with Gasteiger partial charge >= 0.3 is 0 Å². The Morgan fingerprint density at radius 1 is 1.00 bits per heavy atom. The van der Waals surface area contributed by atoms with Gasteiger partial charge in [-0.05, 0) is 49.1 Å². The van der Waals surface area contributed by atoms with Crippen molar-refractivity contribution in [3.05, 3.63) is 60.2 Å². The standard InChI is InChI=1S/C26H32N6O3S/c27-16-19-8-4-5-9-22(19)32-23-14-15-28-26(33)24(23)25(31-32)30-20-10-12-21(13-11-20)36(34,35)29-17-18-6-2-1-3-7-18/h1-3,6-7,10-13,19,22-25,29-31H,4-5,8-9,14-15,17H2,(H,28,33)/t19-,22+,23?,24?,25?/m1/s1. The molecule has 36 heavy (non-hydrogen) atoms. The molecule has 0 radical (unpaired) electrons. The number of hydrogen-bond acceptors (Lipinski definition) is 7. The van der Waals surface area contributed by atoms with E-state index in [1.54, 1.807) is 24.3 Å². The van der Waals surface area contributed by atoms with Gasteiger partial charge in [-0.25, -0.2) is 23.6 Å². The Balaban J connectivity index is 1.29. The summed E-state index contributed by atoms with van der Waals surface area (Å²) in [5.41, 5.74) is 5.11. The van der Waals surface area contributed by atoms with Crippen molar-refractivity contribution in [2.45, 2.75) is 61.8 Å². The van der Waals surface area contributed by atoms with Gasteiger partial charge in [-0.15, -0.1) is 0 Å². The quantitative estimate of drug-likeness (QED) is 0.452. The Labute approximate surface area is 212 Å². The van der Waals surface area contributed by atoms with Crippen molar-refractivity contribution in [3.8, 4) is 6.07 Å². The van der Waals surface area contributed by atoms with Crippen molar-refractivity contribution >= 4 is 21.6 Å². The van der Waals surface area contributed by atoms with Crippen molar-refractivity contribution in [1.29, 1.82) is 5.26 Å². The van der Waals surface area contributed by atoms with Gasteiger partial charge in [0, 0.05) is 30.9 Å². The minimum absolute atomic E-state index is 0.00706. The first-order chi connectivity index (χ1) is 17.5. The first-order valence-corrected chi connectivity index (χ1v) is 14.1. The lowest BCUT2D eigenvalue weighted by Gasteiger charge is -2.39. The van der Waals surface area contributed by atoms with Gasteiger partial charge in [0.25, 0.3) is 0 Å². The van der Waals surface area contributed by atoms with Crippen molar-refractivity contribution in [2.24, 2.45) is 11.8 Å². The lowest BCUT2D eigenvalue weighted by atomic mass is 9.83. The molecule has 1 aliphatic carbocycles. The number of carbonyl (C=O) groups excluding carboxylic acids is 1. The smallest absolute Gasteiger partial charge is 0.240 e. The number of benzene rings is 2. The first-order valence-electron chi connectivity index (χ1n) is 12.6. The molecular weight excluding hydrogens is 476 g/mol. The van der Waals surface area contributed by atoms with E-state index in [4.69, 9.17) is 0 Å². The van der Waals surface area contributed by atoms with Gasteiger partial charge in [-0.3, -0.25) is 4.79 Å². The number of nitrogens with zero attached hydrogens (tertiary/aromatic N) is 2. The molecule has 190 valence electrons. The van der Waals surface area contributed by atoms with Crippen LogP contribution in [0, 0.1) is 23.2 Å². The zero-order chi connectivity index (χ0) is 25.1. The maximum atomic E-state index is 12.9. The zero-order valence-electron chi connectivity index (χ0n) is 20.1. The highest BCUT2D eigenvalue weighted by Crippen LogP contribution is 2.36. The summed E-state index contributed by atoms with van der Waals surface area (Å²) in [6.07, 6.45) is 4.43. The van der Waals surface area contributed by atoms with Crippen molar-refractivity contribution in [2.75, 3.05) is 11.9 Å². The van der Waals surface area contributed by atoms with E-state index in [2.05, 4.69) is 31.9 Å². The fourth-order valence-corrected chi connectivity index (χ4v) is 6.68. The molecule has 5 atom stereocenters. The normalized spacial score (nSPS) is 28.6. The lowest BCUT2D eigenvalue weighted by molar-refractivity contribution is -0.128. The van der Waals surface area contributed by atoms with Gasteiger partial charge in [0.1, 0.15) is 6.17 Å². The molecule has 10 heteroatoms. The number of hydrazine groups is 1. The molecule has 0 bridgehead atoms. The van der Waals surface area contributed by atoms with Crippen LogP contribution in [0.4, 0.5) is 5.69 Å². The topological polar surface area (TPSA) is 126 Å². The number of hydrogen-bond donors (Lipinski definition) is 4. The minimum atomic E-state index is -3.66. The molecule has 2 heterocycles. The van der Waals surface area contributed by atoms with Crippen molar-refractivity contribution in [3.63, 3.8) is 0 Å². The third kappa shape index (κ3) is 5.11. The second-order valence-electron chi connectivity index (χ2n) is 9.75. The number of nitrogens with one attached hydrogen (secondary N) is 4. The number of carbonyl (C=O) groups is 1. The largest absolute Gasteiger partial charge is 0.368 e. The number of nitriles is 1. The number of sulfonamides is 1. The number of anilines is 1. The van der Waals surface area contributed by atoms with E-state index in [0.29, 0.717) is 12.2 Å². The van der Waals surface area contributed by atoms with Crippen LogP contribution >= 0.6 is 0 Å². The van der Waals surface area contributed by atoms with Crippen LogP contribution in [0.3, 0.4) is 0 Å². The second kappa shape index (κ2) is 10.6. The van der Waals surface area contributed by atoms with E-state index >= 15 is 0 Å². The van der Waals surface area contributed by atoms with Crippen LogP contribution in [0.5, 0.6) is 0 Å². The molecule has 9 nitrogen and oxygen atoms in total. The molecule has 1 amide bonds. The van der Waals surface area contributed by atoms with Crippen molar-refractivity contribution in [1.82, 2.24) is 20.5 Å². The van der Waals surface area contributed by atoms with E-state index in [1.807, 2.05) is 30.3 Å². The van der Waals surface area contributed by atoms with Gasteiger partial charge in [-0.2, -0.15) is 5.26 Å². The predicted molar refractivity (Wildman–Crippen MR) is 136 cm³/mol. The van der Waals surface area contributed by atoms with Crippen LogP contribution in [-0.4, -0.2) is 44.1 Å². The van der Waals surface area contributed by atoms with Crippen LogP contribution in [0.2, 0.25) is 0 Å². The van der Waals surface area contributed by atoms with E-state index < -0.39 is 10.0 Å². The van der Waals surface area contributed by atoms with Gasteiger partial charge in [0.05, 0.1) is 22.8 Å². The molecular formula is C26H32N6O3S. The summed E-state index contributed by atoms with van der Waals surface area (Å²) < 4.78 is 28.1. The molecule has 3 unspecified atom stereocenters. The number of fused-ring (bicyclic) bond motifs is 1. The van der Waals surface area contributed by atoms with Gasteiger partial charge in [-0.1, -0.05) is 43.2 Å². The average Bonchev–Trinajstić information content (AvgIpc) is 3.27. The van der Waals surface area contributed by atoms with Crippen LogP contribution in [0.1, 0.15) is 37.7 Å². The molecule has 3 aliphatic rings. The summed E-state index contributed by atoms with van der Waals surface area (Å²) in [5, 5.41) is 18.3. The highest BCUT2D eigenvalue weighted by molar-refractivity contribution is 7.89. The van der Waals surface area contributed by atoms with E-state index in [0.717, 1.165) is 37.7 Å². The maximum Gasteiger partial charge on any atom is 0.240 e. The molecule has 3 fully saturated rings. The summed E-state index contributed by atoms with van der Waals surface area (Å²) in [6, 6.07) is 18.5. The number of piperidine rings is 1. The monoisotopic (exact) mass is 508 g/mol. The molecule has 1 saturated carbocycles. The highest BCUT2D eigenvalue weighted by Gasteiger charge is 2.51. The first kappa shape index (κ1) is 24.7. The molecule has 2 aromatic carbocycles. The molecule has 2 aromatic rings. The summed E-state index contributed by atoms with van der Waals surface area (Å²) >= 11 is 0. The third-order valence-electron chi connectivity index (χ3n) is 7.51. The van der Waals surface area contributed by atoms with Gasteiger partial charge < -0.3 is 10.6 Å². The highest BCUT2D eigenvalue weighted by atomic mass is 32.2. The van der Waals surface area contributed by atoms with Crippen molar-refractivity contribution < 1.29 is 13.2 Å². The van der Waals surface area contributed by atoms with Crippen LogP contribution in [0.25, 0.3) is 0 Å². The zero-order valence-corrected chi connectivity index (χ0v) is 20.9. The molecule has 5 rings (SSSR count). The molecule has 0 spiro atoms. The van der Waals surface area contributed by atoms with Crippen LogP contribution < -0.4 is 20.8 Å². The summed E-state index contributed by atoms with van der Waals surface area (Å²) in [4.78, 5) is 13.0. The number of rotatable bonds is 7. The Bertz CT molecular complexity index is 1210. The van der Waals surface area contributed by atoms with E-state index in [-0.39, 0.29) is 47.4 Å². The van der Waals surface area contributed by atoms with E-state index in [1.165, 1.54) is 0 Å². The average molecular weight is 509 g/mol. The van der Waals surface area contributed by atoms with E-state index in [9.17, 15) is 18.5 Å². The van der Waals surface area contributed by atoms with Crippen LogP contribution in [-0.2, 0) is 21.4 Å². The Hall–Kier alpha value is -2.97. The van der Waals surface area contributed by atoms with Crippen LogP contribution in [0.15, 0.2) is 59.5 Å². The van der Waals surface area contributed by atoms with Gasteiger partial charge in [0.15, 0.2) is 0 Å². The molecule has 4 N–H and O–H groups in total. The van der Waals surface area contributed by atoms with Gasteiger partial charge in [0.2, 0.25) is 15.9 Å². The maximum absolute atomic E-state index is 12.9. The molecule has 2 aliphatic heterocycles. The fourth-order valence-electron chi connectivity index (χ4n) is 5.66. The summed E-state index contributed by atoms with van der Waals surface area (Å²) in [7, 11) is -3.66. The summed E-state index contributed by atoms with van der Waals surface area (Å²) in [5.74, 6) is -0.369. The molecule has 0 aromatic heterocycles. The predicted octanol–water partition coefficient (Wildman–Crippen LogP) is 2.31.